The lowest BCUT2D eigenvalue weighted by atomic mass is 10.2. The molecule has 0 N–H and O–H groups in total. The maximum Gasteiger partial charge on any atom is 0.272 e. The van der Waals surface area contributed by atoms with E-state index in [2.05, 4.69) is 5.10 Å². The molecule has 0 aliphatic heterocycles. The summed E-state index contributed by atoms with van der Waals surface area (Å²) in [6.45, 7) is 9.50. The number of hydrogen-bond acceptors (Lipinski definition) is 2. The molecule has 1 rings (SSSR count). The standard InChI is InChI=1S/C14H24ClN3O/c1-5-12-10-13(18(6-2)16-12)14(19)17(11(3)4)9-7-8-15/h10-11H,5-9H2,1-4H3. The summed E-state index contributed by atoms with van der Waals surface area (Å²) in [6, 6.07) is 2.07. The number of halogens is 1. The smallest absolute Gasteiger partial charge is 0.272 e. The minimum atomic E-state index is 0.0502. The molecule has 0 aromatic carbocycles. The van der Waals surface area contributed by atoms with Gasteiger partial charge in [-0.1, -0.05) is 6.92 Å². The second-order valence-electron chi connectivity index (χ2n) is 4.83. The third kappa shape index (κ3) is 3.96. The monoisotopic (exact) mass is 285 g/mol. The van der Waals surface area contributed by atoms with Crippen LogP contribution in [0.2, 0.25) is 0 Å². The zero-order valence-electron chi connectivity index (χ0n) is 12.3. The van der Waals surface area contributed by atoms with Crippen molar-refractivity contribution < 1.29 is 4.79 Å². The van der Waals surface area contributed by atoms with Gasteiger partial charge in [0.1, 0.15) is 5.69 Å². The number of aryl methyl sites for hydroxylation is 2. The van der Waals surface area contributed by atoms with Crippen LogP contribution in [0.3, 0.4) is 0 Å². The van der Waals surface area contributed by atoms with Crippen LogP contribution in [0.1, 0.15) is 50.3 Å². The highest BCUT2D eigenvalue weighted by atomic mass is 35.5. The van der Waals surface area contributed by atoms with Crippen LogP contribution in [0.4, 0.5) is 0 Å². The number of carbonyl (C=O) groups excluding carboxylic acids is 1. The fourth-order valence-corrected chi connectivity index (χ4v) is 2.15. The summed E-state index contributed by atoms with van der Waals surface area (Å²) in [6.07, 6.45) is 1.66. The van der Waals surface area contributed by atoms with Crippen molar-refractivity contribution in [2.45, 2.75) is 53.1 Å². The first-order valence-corrected chi connectivity index (χ1v) is 7.52. The first-order valence-electron chi connectivity index (χ1n) is 6.98. The third-order valence-corrected chi connectivity index (χ3v) is 3.40. The lowest BCUT2D eigenvalue weighted by Crippen LogP contribution is -2.39. The number of aromatic nitrogens is 2. The van der Waals surface area contributed by atoms with Gasteiger partial charge in [0.05, 0.1) is 5.69 Å². The van der Waals surface area contributed by atoms with Crippen molar-refractivity contribution >= 4 is 17.5 Å². The quantitative estimate of drug-likeness (QED) is 0.723. The van der Waals surface area contributed by atoms with Crippen LogP contribution in [-0.2, 0) is 13.0 Å². The van der Waals surface area contributed by atoms with Gasteiger partial charge < -0.3 is 4.90 Å². The highest BCUT2D eigenvalue weighted by Crippen LogP contribution is 2.12. The average molecular weight is 286 g/mol. The van der Waals surface area contributed by atoms with Gasteiger partial charge in [0.25, 0.3) is 5.91 Å². The lowest BCUT2D eigenvalue weighted by molar-refractivity contribution is 0.0693. The molecule has 0 aliphatic carbocycles. The fourth-order valence-electron chi connectivity index (χ4n) is 2.03. The van der Waals surface area contributed by atoms with E-state index >= 15 is 0 Å². The summed E-state index contributed by atoms with van der Waals surface area (Å²) >= 11 is 5.73. The Kier molecular flexibility index (Phi) is 6.35. The van der Waals surface area contributed by atoms with Crippen LogP contribution in [0.5, 0.6) is 0 Å². The van der Waals surface area contributed by atoms with Crippen LogP contribution in [0, 0.1) is 0 Å². The summed E-state index contributed by atoms with van der Waals surface area (Å²) in [5.74, 6) is 0.623. The highest BCUT2D eigenvalue weighted by Gasteiger charge is 2.22. The Balaban J connectivity index is 2.98. The summed E-state index contributed by atoms with van der Waals surface area (Å²) in [5.41, 5.74) is 1.65. The van der Waals surface area contributed by atoms with Crippen LogP contribution in [-0.4, -0.2) is 39.1 Å². The second-order valence-corrected chi connectivity index (χ2v) is 5.20. The van der Waals surface area contributed by atoms with Gasteiger partial charge in [-0.05, 0) is 39.7 Å². The molecular weight excluding hydrogens is 262 g/mol. The van der Waals surface area contributed by atoms with Crippen LogP contribution < -0.4 is 0 Å². The van der Waals surface area contributed by atoms with Crippen molar-refractivity contribution in [2.75, 3.05) is 12.4 Å². The lowest BCUT2D eigenvalue weighted by Gasteiger charge is -2.26. The van der Waals surface area contributed by atoms with Gasteiger partial charge in [-0.25, -0.2) is 0 Å². The van der Waals surface area contributed by atoms with Crippen molar-refractivity contribution in [3.63, 3.8) is 0 Å². The molecule has 0 bridgehead atoms. The first-order chi connectivity index (χ1) is 9.04. The van der Waals surface area contributed by atoms with E-state index < -0.39 is 0 Å². The maximum absolute atomic E-state index is 12.6. The predicted octanol–water partition coefficient (Wildman–Crippen LogP) is 2.94. The second kappa shape index (κ2) is 7.53. The molecule has 1 aromatic heterocycles. The molecular formula is C14H24ClN3O. The summed E-state index contributed by atoms with van der Waals surface area (Å²) < 4.78 is 1.79. The Morgan fingerprint density at radius 3 is 2.63 bits per heavy atom. The molecule has 1 aromatic rings. The van der Waals surface area contributed by atoms with Crippen molar-refractivity contribution in [3.05, 3.63) is 17.5 Å². The van der Waals surface area contributed by atoms with E-state index in [9.17, 15) is 4.79 Å². The van der Waals surface area contributed by atoms with E-state index in [4.69, 9.17) is 11.6 Å². The normalized spacial score (nSPS) is 11.1. The average Bonchev–Trinajstić information content (AvgIpc) is 2.81. The topological polar surface area (TPSA) is 38.1 Å². The summed E-state index contributed by atoms with van der Waals surface area (Å²) in [5, 5.41) is 4.43. The predicted molar refractivity (Wildman–Crippen MR) is 78.8 cm³/mol. The maximum atomic E-state index is 12.6. The molecule has 0 radical (unpaired) electrons. The molecule has 1 amide bonds. The van der Waals surface area contributed by atoms with E-state index in [0.29, 0.717) is 24.7 Å². The summed E-state index contributed by atoms with van der Waals surface area (Å²) in [7, 11) is 0. The van der Waals surface area contributed by atoms with Gasteiger partial charge in [-0.2, -0.15) is 5.10 Å². The number of rotatable bonds is 7. The van der Waals surface area contributed by atoms with E-state index in [1.165, 1.54) is 0 Å². The van der Waals surface area contributed by atoms with Crippen molar-refractivity contribution in [1.82, 2.24) is 14.7 Å². The van der Waals surface area contributed by atoms with Crippen LogP contribution in [0.25, 0.3) is 0 Å². The Hall–Kier alpha value is -1.03. The molecule has 108 valence electrons. The van der Waals surface area contributed by atoms with Gasteiger partial charge in [-0.15, -0.1) is 11.6 Å². The zero-order valence-corrected chi connectivity index (χ0v) is 13.1. The Morgan fingerprint density at radius 1 is 1.47 bits per heavy atom. The van der Waals surface area contributed by atoms with Crippen molar-refractivity contribution in [2.24, 2.45) is 0 Å². The molecule has 0 saturated carbocycles. The SMILES string of the molecule is CCc1cc(C(=O)N(CCCCl)C(C)C)n(CC)n1. The molecule has 5 heteroatoms. The molecule has 19 heavy (non-hydrogen) atoms. The molecule has 1 heterocycles. The van der Waals surface area contributed by atoms with Gasteiger partial charge in [0, 0.05) is 25.0 Å². The molecule has 0 aliphatic rings. The van der Waals surface area contributed by atoms with Crippen LogP contribution >= 0.6 is 11.6 Å². The van der Waals surface area contributed by atoms with Crippen molar-refractivity contribution in [3.8, 4) is 0 Å². The van der Waals surface area contributed by atoms with Crippen LogP contribution in [0.15, 0.2) is 6.07 Å². The molecule has 0 atom stereocenters. The van der Waals surface area contributed by atoms with Gasteiger partial charge in [0.2, 0.25) is 0 Å². The molecule has 0 spiro atoms. The third-order valence-electron chi connectivity index (χ3n) is 3.13. The number of carbonyl (C=O) groups is 1. The Labute approximate surface area is 120 Å². The Morgan fingerprint density at radius 2 is 2.16 bits per heavy atom. The van der Waals surface area contributed by atoms with Crippen molar-refractivity contribution in [1.29, 1.82) is 0 Å². The number of alkyl halides is 1. The van der Waals surface area contributed by atoms with Gasteiger partial charge >= 0.3 is 0 Å². The minimum absolute atomic E-state index is 0.0502. The zero-order chi connectivity index (χ0) is 14.4. The largest absolute Gasteiger partial charge is 0.335 e. The van der Waals surface area contributed by atoms with Gasteiger partial charge in [-0.3, -0.25) is 9.48 Å². The number of nitrogens with zero attached hydrogens (tertiary/aromatic N) is 3. The van der Waals surface area contributed by atoms with E-state index in [1.54, 1.807) is 4.68 Å². The van der Waals surface area contributed by atoms with E-state index in [0.717, 1.165) is 18.5 Å². The van der Waals surface area contributed by atoms with E-state index in [1.807, 2.05) is 38.7 Å². The number of amides is 1. The Bertz CT molecular complexity index is 415. The highest BCUT2D eigenvalue weighted by molar-refractivity contribution is 6.17. The first kappa shape index (κ1) is 16.0. The molecule has 0 saturated heterocycles. The van der Waals surface area contributed by atoms with E-state index in [-0.39, 0.29) is 11.9 Å². The minimum Gasteiger partial charge on any atom is -0.335 e. The molecule has 0 unspecified atom stereocenters. The molecule has 4 nitrogen and oxygen atoms in total. The number of hydrogen-bond donors (Lipinski definition) is 0. The fraction of sp³-hybridized carbons (Fsp3) is 0.714. The van der Waals surface area contributed by atoms with Gasteiger partial charge in [0.15, 0.2) is 0 Å². The summed E-state index contributed by atoms with van der Waals surface area (Å²) in [4.78, 5) is 14.5. The molecule has 0 fully saturated rings.